The predicted octanol–water partition coefficient (Wildman–Crippen LogP) is 4.69. The number of nitrogens with zero attached hydrogens (tertiary/aromatic N) is 5. The molecule has 3 fully saturated rings. The molecule has 1 aromatic heterocycles. The molecule has 2 saturated heterocycles. The lowest BCUT2D eigenvalue weighted by atomic mass is 9.70. The van der Waals surface area contributed by atoms with Crippen molar-refractivity contribution in [3.05, 3.63) is 59.8 Å². The summed E-state index contributed by atoms with van der Waals surface area (Å²) < 4.78 is 5.20. The zero-order valence-electron chi connectivity index (χ0n) is 22.9. The highest BCUT2D eigenvalue weighted by Gasteiger charge is 2.55. The molecule has 1 spiro atoms. The molecule has 206 valence electrons. The van der Waals surface area contributed by atoms with Gasteiger partial charge in [0.25, 0.3) is 0 Å². The van der Waals surface area contributed by atoms with Crippen LogP contribution in [0.2, 0.25) is 0 Å². The number of anilines is 2. The summed E-state index contributed by atoms with van der Waals surface area (Å²) in [5.41, 5.74) is 3.63. The Morgan fingerprint density at radius 2 is 1.87 bits per heavy atom. The van der Waals surface area contributed by atoms with Crippen molar-refractivity contribution in [1.29, 1.82) is 0 Å². The largest absolute Gasteiger partial charge is 0.444 e. The summed E-state index contributed by atoms with van der Waals surface area (Å²) in [5.74, 6) is 1.85. The molecule has 1 saturated carbocycles. The number of benzene rings is 1. The first-order valence-electron chi connectivity index (χ1n) is 14.2. The first-order chi connectivity index (χ1) is 18.9. The van der Waals surface area contributed by atoms with E-state index >= 15 is 0 Å². The zero-order valence-corrected chi connectivity index (χ0v) is 22.9. The highest BCUT2D eigenvalue weighted by atomic mass is 16.6. The number of likely N-dealkylation sites (tertiary alicyclic amines) is 2. The van der Waals surface area contributed by atoms with Crippen LogP contribution in [0, 0.1) is 11.3 Å². The molecule has 0 radical (unpaired) electrons. The normalized spacial score (nSPS) is 21.9. The second kappa shape index (κ2) is 10.3. The van der Waals surface area contributed by atoms with Gasteiger partial charge in [-0.25, -0.2) is 9.78 Å². The Bertz CT molecular complexity index is 1240. The molecule has 2 amide bonds. The molecule has 9 heteroatoms. The van der Waals surface area contributed by atoms with Crippen LogP contribution in [0.4, 0.5) is 16.6 Å². The minimum absolute atomic E-state index is 0.00304. The Kier molecular flexibility index (Phi) is 6.79. The van der Waals surface area contributed by atoms with Gasteiger partial charge in [-0.2, -0.15) is 4.98 Å². The fraction of sp³-hybridized carbons (Fsp3) is 0.533. The number of hydrogen-bond acceptors (Lipinski definition) is 7. The van der Waals surface area contributed by atoms with Gasteiger partial charge in [0, 0.05) is 50.4 Å². The third kappa shape index (κ3) is 4.77. The van der Waals surface area contributed by atoms with Crippen LogP contribution in [-0.4, -0.2) is 64.5 Å². The van der Waals surface area contributed by atoms with Crippen molar-refractivity contribution in [1.82, 2.24) is 19.8 Å². The number of cyclic esters (lactones) is 1. The lowest BCUT2D eigenvalue weighted by Crippen LogP contribution is -2.73. The number of nitrogens with one attached hydrogen (secondary N) is 1. The van der Waals surface area contributed by atoms with E-state index in [0.29, 0.717) is 30.3 Å². The van der Waals surface area contributed by atoms with E-state index in [9.17, 15) is 9.59 Å². The van der Waals surface area contributed by atoms with Gasteiger partial charge in [0.2, 0.25) is 11.9 Å². The van der Waals surface area contributed by atoms with E-state index in [2.05, 4.69) is 58.0 Å². The lowest BCUT2D eigenvalue weighted by Gasteiger charge is -2.62. The quantitative estimate of drug-likeness (QED) is 0.495. The molecular formula is C30H38N6O3. The highest BCUT2D eigenvalue weighted by Crippen LogP contribution is 2.48. The van der Waals surface area contributed by atoms with Gasteiger partial charge < -0.3 is 15.0 Å². The molecular weight excluding hydrogens is 492 g/mol. The van der Waals surface area contributed by atoms with Gasteiger partial charge in [0.05, 0.1) is 11.6 Å². The molecule has 6 rings (SSSR count). The maximum absolute atomic E-state index is 12.1. The fourth-order valence-corrected chi connectivity index (χ4v) is 6.96. The predicted molar refractivity (Wildman–Crippen MR) is 149 cm³/mol. The van der Waals surface area contributed by atoms with E-state index in [0.717, 1.165) is 37.3 Å². The van der Waals surface area contributed by atoms with Crippen molar-refractivity contribution in [2.45, 2.75) is 58.2 Å². The number of carbonyl (C=O) groups excluding carboxylic acids is 2. The van der Waals surface area contributed by atoms with Crippen molar-refractivity contribution >= 4 is 23.8 Å². The SMILES string of the molecule is C=CC(=O)N1CC2(C1)CN(C(c1ccc([C@H](C)Nc3ncc4c(n3)N(CC)C(=O)OC4)cc1)C1CCCC1)C2. The van der Waals surface area contributed by atoms with Crippen LogP contribution >= 0.6 is 0 Å². The Balaban J connectivity index is 1.13. The zero-order chi connectivity index (χ0) is 27.1. The highest BCUT2D eigenvalue weighted by molar-refractivity contribution is 5.89. The topological polar surface area (TPSA) is 90.9 Å². The van der Waals surface area contributed by atoms with E-state index in [1.54, 1.807) is 6.20 Å². The maximum Gasteiger partial charge on any atom is 0.415 e. The molecule has 2 atom stereocenters. The molecule has 1 unspecified atom stereocenters. The summed E-state index contributed by atoms with van der Waals surface area (Å²) in [4.78, 5) is 39.2. The van der Waals surface area contributed by atoms with E-state index in [1.165, 1.54) is 42.2 Å². The average Bonchev–Trinajstić information content (AvgIpc) is 3.43. The second-order valence-electron chi connectivity index (χ2n) is 11.7. The molecule has 9 nitrogen and oxygen atoms in total. The van der Waals surface area contributed by atoms with Crippen LogP contribution in [0.1, 0.15) is 68.3 Å². The van der Waals surface area contributed by atoms with Gasteiger partial charge in [-0.15, -0.1) is 0 Å². The molecule has 1 N–H and O–H groups in total. The lowest BCUT2D eigenvalue weighted by molar-refractivity contribution is -0.161. The van der Waals surface area contributed by atoms with E-state index in [1.807, 2.05) is 11.8 Å². The van der Waals surface area contributed by atoms with Crippen molar-refractivity contribution in [2.75, 3.05) is 42.9 Å². The van der Waals surface area contributed by atoms with Gasteiger partial charge >= 0.3 is 6.09 Å². The summed E-state index contributed by atoms with van der Waals surface area (Å²) in [5, 5.41) is 3.41. The molecule has 0 bridgehead atoms. The standard InChI is InChI=1S/C30H38N6O3/c1-4-25(37)34-16-30(17-34)18-35(19-30)26(22-8-6-7-9-22)23-12-10-21(11-13-23)20(3)32-28-31-14-24-15-39-29(38)36(5-2)27(24)33-28/h4,10-14,20,22,26H,1,5-9,15-19H2,2-3H3,(H,31,32,33)/t20-,26?/m0/s1. The number of rotatable bonds is 8. The minimum atomic E-state index is -0.372. The molecule has 3 aliphatic heterocycles. The Morgan fingerprint density at radius 1 is 1.18 bits per heavy atom. The van der Waals surface area contributed by atoms with Crippen molar-refractivity contribution in [3.8, 4) is 0 Å². The smallest absolute Gasteiger partial charge is 0.415 e. The minimum Gasteiger partial charge on any atom is -0.444 e. The molecule has 4 heterocycles. The third-order valence-corrected chi connectivity index (χ3v) is 8.96. The molecule has 39 heavy (non-hydrogen) atoms. The van der Waals surface area contributed by atoms with Crippen LogP contribution in [0.25, 0.3) is 0 Å². The van der Waals surface area contributed by atoms with Crippen LogP contribution < -0.4 is 10.2 Å². The second-order valence-corrected chi connectivity index (χ2v) is 11.7. The van der Waals surface area contributed by atoms with Gasteiger partial charge in [0.15, 0.2) is 0 Å². The van der Waals surface area contributed by atoms with E-state index in [4.69, 9.17) is 4.74 Å². The fourth-order valence-electron chi connectivity index (χ4n) is 6.96. The summed E-state index contributed by atoms with van der Waals surface area (Å²) in [6, 6.07) is 9.45. The van der Waals surface area contributed by atoms with Crippen LogP contribution in [0.5, 0.6) is 0 Å². The number of ether oxygens (including phenoxy) is 1. The number of hydrogen-bond donors (Lipinski definition) is 1. The summed E-state index contributed by atoms with van der Waals surface area (Å²) in [6.45, 7) is 12.2. The van der Waals surface area contributed by atoms with Crippen molar-refractivity contribution in [3.63, 3.8) is 0 Å². The van der Waals surface area contributed by atoms with Gasteiger partial charge in [-0.3, -0.25) is 14.6 Å². The summed E-state index contributed by atoms with van der Waals surface area (Å²) in [6.07, 6.45) is 7.98. The van der Waals surface area contributed by atoms with E-state index < -0.39 is 0 Å². The monoisotopic (exact) mass is 530 g/mol. The van der Waals surface area contributed by atoms with Crippen LogP contribution in [0.3, 0.4) is 0 Å². The summed E-state index contributed by atoms with van der Waals surface area (Å²) >= 11 is 0. The first-order valence-corrected chi connectivity index (χ1v) is 14.2. The number of carbonyl (C=O) groups is 2. The van der Waals surface area contributed by atoms with Crippen molar-refractivity contribution < 1.29 is 14.3 Å². The Hall–Kier alpha value is -3.46. The van der Waals surface area contributed by atoms with Crippen LogP contribution in [0.15, 0.2) is 43.1 Å². The Labute approximate surface area is 230 Å². The maximum atomic E-state index is 12.1. The average molecular weight is 531 g/mol. The third-order valence-electron chi connectivity index (χ3n) is 8.96. The molecule has 2 aromatic rings. The molecule has 1 aromatic carbocycles. The number of aromatic nitrogens is 2. The van der Waals surface area contributed by atoms with Gasteiger partial charge in [-0.05, 0) is 49.8 Å². The first kappa shape index (κ1) is 25.8. The van der Waals surface area contributed by atoms with Crippen molar-refractivity contribution in [2.24, 2.45) is 11.3 Å². The Morgan fingerprint density at radius 3 is 2.54 bits per heavy atom. The van der Waals surface area contributed by atoms with Gasteiger partial charge in [-0.1, -0.05) is 43.7 Å². The number of amides is 2. The summed E-state index contributed by atoms with van der Waals surface area (Å²) in [7, 11) is 0. The van der Waals surface area contributed by atoms with E-state index in [-0.39, 0.29) is 30.1 Å². The number of fused-ring (bicyclic) bond motifs is 1. The molecule has 1 aliphatic carbocycles. The molecule has 4 aliphatic rings. The van der Waals surface area contributed by atoms with Gasteiger partial charge in [0.1, 0.15) is 12.4 Å². The van der Waals surface area contributed by atoms with Crippen LogP contribution in [-0.2, 0) is 16.1 Å².